The van der Waals surface area contributed by atoms with Crippen molar-refractivity contribution in [3.8, 4) is 22.6 Å². The van der Waals surface area contributed by atoms with Gasteiger partial charge in [0.2, 0.25) is 0 Å². The number of nitrogens with one attached hydrogen (secondary N) is 2. The van der Waals surface area contributed by atoms with Gasteiger partial charge in [-0.15, -0.1) is 0 Å². The Bertz CT molecular complexity index is 886. The molecule has 0 saturated carbocycles. The molecule has 2 N–H and O–H groups in total. The van der Waals surface area contributed by atoms with Crippen LogP contribution < -0.4 is 0 Å². The zero-order valence-electron chi connectivity index (χ0n) is 11.5. The van der Waals surface area contributed by atoms with Gasteiger partial charge in [0.1, 0.15) is 5.69 Å². The number of pyridine rings is 2. The zero-order chi connectivity index (χ0) is 14.2. The average molecular weight is 275 g/mol. The third kappa shape index (κ3) is 1.99. The van der Waals surface area contributed by atoms with Crippen LogP contribution in [0.2, 0.25) is 0 Å². The first-order valence-electron chi connectivity index (χ1n) is 6.71. The number of nitrogens with zero attached hydrogens (tertiary/aromatic N) is 3. The molecule has 0 unspecified atom stereocenters. The number of fused-ring (bicyclic) bond motifs is 1. The minimum atomic E-state index is 0.879. The molecule has 0 aromatic carbocycles. The summed E-state index contributed by atoms with van der Waals surface area (Å²) in [6, 6.07) is 8.03. The maximum absolute atomic E-state index is 4.39. The standard InChI is InChI=1S/C16H13N5/c1-10-2-4-18-9-12(10)14-7-16(21-20-14)15-6-11-8-17-5-3-13(11)19-15/h2-9,19H,1H3,(H,20,21). The predicted molar refractivity (Wildman–Crippen MR) is 81.6 cm³/mol. The van der Waals surface area contributed by atoms with Crippen LogP contribution in [-0.4, -0.2) is 25.1 Å². The number of aryl methyl sites for hydroxylation is 1. The van der Waals surface area contributed by atoms with Crippen LogP contribution in [0.3, 0.4) is 0 Å². The molecule has 0 spiro atoms. The monoisotopic (exact) mass is 275 g/mol. The average Bonchev–Trinajstić information content (AvgIpc) is 3.14. The van der Waals surface area contributed by atoms with Crippen LogP contribution in [-0.2, 0) is 0 Å². The summed E-state index contributed by atoms with van der Waals surface area (Å²) in [7, 11) is 0. The van der Waals surface area contributed by atoms with Gasteiger partial charge in [0.15, 0.2) is 0 Å². The lowest BCUT2D eigenvalue weighted by molar-refractivity contribution is 1.09. The van der Waals surface area contributed by atoms with E-state index in [1.54, 1.807) is 12.4 Å². The first kappa shape index (κ1) is 11.8. The summed E-state index contributed by atoms with van der Waals surface area (Å²) in [6.45, 7) is 2.06. The fourth-order valence-corrected chi connectivity index (χ4v) is 2.45. The highest BCUT2D eigenvalue weighted by Gasteiger charge is 2.10. The molecule has 0 aliphatic heterocycles. The third-order valence-electron chi connectivity index (χ3n) is 3.60. The summed E-state index contributed by atoms with van der Waals surface area (Å²) in [5, 5.41) is 8.55. The largest absolute Gasteiger partial charge is 0.353 e. The van der Waals surface area contributed by atoms with Crippen LogP contribution in [0.25, 0.3) is 33.5 Å². The molecule has 0 aliphatic carbocycles. The van der Waals surface area contributed by atoms with E-state index in [2.05, 4.69) is 38.1 Å². The van der Waals surface area contributed by atoms with Crippen LogP contribution in [0.15, 0.2) is 49.1 Å². The second-order valence-electron chi connectivity index (χ2n) is 5.00. The summed E-state index contributed by atoms with van der Waals surface area (Å²) in [4.78, 5) is 11.7. The van der Waals surface area contributed by atoms with Gasteiger partial charge in [-0.05, 0) is 36.8 Å². The smallest absolute Gasteiger partial charge is 0.109 e. The van der Waals surface area contributed by atoms with E-state index in [-0.39, 0.29) is 0 Å². The fraction of sp³-hybridized carbons (Fsp3) is 0.0625. The molecule has 4 aromatic heterocycles. The minimum Gasteiger partial charge on any atom is -0.353 e. The predicted octanol–water partition coefficient (Wildman–Crippen LogP) is 3.32. The van der Waals surface area contributed by atoms with E-state index in [1.807, 2.05) is 30.6 Å². The van der Waals surface area contributed by atoms with Gasteiger partial charge in [0, 0.05) is 41.3 Å². The van der Waals surface area contributed by atoms with Crippen molar-refractivity contribution in [3.63, 3.8) is 0 Å². The lowest BCUT2D eigenvalue weighted by atomic mass is 10.1. The molecule has 102 valence electrons. The first-order chi connectivity index (χ1) is 10.3. The highest BCUT2D eigenvalue weighted by atomic mass is 15.1. The molecule has 0 atom stereocenters. The van der Waals surface area contributed by atoms with Crippen molar-refractivity contribution < 1.29 is 0 Å². The first-order valence-corrected chi connectivity index (χ1v) is 6.71. The highest BCUT2D eigenvalue weighted by molar-refractivity contribution is 5.84. The van der Waals surface area contributed by atoms with Gasteiger partial charge < -0.3 is 4.98 Å². The molecule has 0 fully saturated rings. The summed E-state index contributed by atoms with van der Waals surface area (Å²) >= 11 is 0. The van der Waals surface area contributed by atoms with Gasteiger partial charge in [-0.1, -0.05) is 0 Å². The molecule has 0 saturated heterocycles. The van der Waals surface area contributed by atoms with E-state index in [4.69, 9.17) is 0 Å². The Morgan fingerprint density at radius 2 is 1.81 bits per heavy atom. The van der Waals surface area contributed by atoms with E-state index >= 15 is 0 Å². The summed E-state index contributed by atoms with van der Waals surface area (Å²) in [5.41, 5.74) is 6.11. The Labute approximate surface area is 121 Å². The molecule has 0 bridgehead atoms. The quantitative estimate of drug-likeness (QED) is 0.589. The van der Waals surface area contributed by atoms with Gasteiger partial charge in [-0.25, -0.2) is 0 Å². The molecule has 5 nitrogen and oxygen atoms in total. The van der Waals surface area contributed by atoms with E-state index in [0.717, 1.165) is 33.5 Å². The van der Waals surface area contributed by atoms with Gasteiger partial charge in [0.25, 0.3) is 0 Å². The minimum absolute atomic E-state index is 0.879. The Morgan fingerprint density at radius 1 is 0.952 bits per heavy atom. The molecule has 4 rings (SSSR count). The van der Waals surface area contributed by atoms with Gasteiger partial charge in [0.05, 0.1) is 11.4 Å². The number of aromatic amines is 2. The molecule has 5 heteroatoms. The number of rotatable bonds is 2. The fourth-order valence-electron chi connectivity index (χ4n) is 2.45. The Morgan fingerprint density at radius 3 is 2.67 bits per heavy atom. The highest BCUT2D eigenvalue weighted by Crippen LogP contribution is 2.26. The Hall–Kier alpha value is -2.95. The molecular formula is C16H13N5. The number of hydrogen-bond acceptors (Lipinski definition) is 3. The Kier molecular flexibility index (Phi) is 2.57. The van der Waals surface area contributed by atoms with Crippen LogP contribution >= 0.6 is 0 Å². The van der Waals surface area contributed by atoms with Crippen LogP contribution in [0.1, 0.15) is 5.56 Å². The topological polar surface area (TPSA) is 70.2 Å². The second kappa shape index (κ2) is 4.56. The van der Waals surface area contributed by atoms with E-state index in [1.165, 1.54) is 5.56 Å². The SMILES string of the molecule is Cc1ccncc1-c1cc(-c2cc3cnccc3[nH]2)n[nH]1. The molecule has 0 aliphatic rings. The van der Waals surface area contributed by atoms with E-state index < -0.39 is 0 Å². The maximum Gasteiger partial charge on any atom is 0.109 e. The van der Waals surface area contributed by atoms with Crippen molar-refractivity contribution in [1.82, 2.24) is 25.1 Å². The van der Waals surface area contributed by atoms with Gasteiger partial charge in [-0.3, -0.25) is 15.1 Å². The van der Waals surface area contributed by atoms with Crippen molar-refractivity contribution in [3.05, 3.63) is 54.6 Å². The van der Waals surface area contributed by atoms with Crippen LogP contribution in [0.4, 0.5) is 0 Å². The van der Waals surface area contributed by atoms with Crippen molar-refractivity contribution in [2.24, 2.45) is 0 Å². The normalized spacial score (nSPS) is 11.1. The zero-order valence-corrected chi connectivity index (χ0v) is 11.5. The number of hydrogen-bond donors (Lipinski definition) is 2. The van der Waals surface area contributed by atoms with Crippen LogP contribution in [0.5, 0.6) is 0 Å². The van der Waals surface area contributed by atoms with E-state index in [0.29, 0.717) is 0 Å². The molecule has 4 heterocycles. The lowest BCUT2D eigenvalue weighted by Gasteiger charge is -1.99. The number of H-pyrrole nitrogens is 2. The third-order valence-corrected chi connectivity index (χ3v) is 3.60. The van der Waals surface area contributed by atoms with Gasteiger partial charge in [-0.2, -0.15) is 5.10 Å². The summed E-state index contributed by atoms with van der Waals surface area (Å²) in [5.74, 6) is 0. The summed E-state index contributed by atoms with van der Waals surface area (Å²) in [6.07, 6.45) is 7.26. The van der Waals surface area contributed by atoms with Crippen molar-refractivity contribution in [2.45, 2.75) is 6.92 Å². The van der Waals surface area contributed by atoms with Crippen molar-refractivity contribution in [1.29, 1.82) is 0 Å². The summed E-state index contributed by atoms with van der Waals surface area (Å²) < 4.78 is 0. The van der Waals surface area contributed by atoms with Crippen LogP contribution in [0, 0.1) is 6.92 Å². The van der Waals surface area contributed by atoms with Gasteiger partial charge >= 0.3 is 0 Å². The van der Waals surface area contributed by atoms with Crippen molar-refractivity contribution in [2.75, 3.05) is 0 Å². The van der Waals surface area contributed by atoms with Crippen molar-refractivity contribution >= 4 is 10.9 Å². The number of aromatic nitrogens is 5. The molecule has 21 heavy (non-hydrogen) atoms. The molecule has 0 amide bonds. The molecular weight excluding hydrogens is 262 g/mol. The Balaban J connectivity index is 1.79. The lowest BCUT2D eigenvalue weighted by Crippen LogP contribution is -1.84. The molecule has 0 radical (unpaired) electrons. The van der Waals surface area contributed by atoms with E-state index in [9.17, 15) is 0 Å². The molecule has 4 aromatic rings. The maximum atomic E-state index is 4.39. The second-order valence-corrected chi connectivity index (χ2v) is 5.00.